The summed E-state index contributed by atoms with van der Waals surface area (Å²) in [5.74, 6) is 0.414. The lowest BCUT2D eigenvalue weighted by atomic mass is 9.69. The summed E-state index contributed by atoms with van der Waals surface area (Å²) in [5, 5.41) is 5.58. The van der Waals surface area contributed by atoms with E-state index in [1.54, 1.807) is 7.05 Å². The predicted molar refractivity (Wildman–Crippen MR) is 78.8 cm³/mol. The van der Waals surface area contributed by atoms with Gasteiger partial charge in [-0.25, -0.2) is 0 Å². The van der Waals surface area contributed by atoms with Crippen molar-refractivity contribution in [1.82, 2.24) is 10.6 Å². The Kier molecular flexibility index (Phi) is 6.53. The molecule has 0 atom stereocenters. The summed E-state index contributed by atoms with van der Waals surface area (Å²) in [7, 11) is 1.58. The van der Waals surface area contributed by atoms with Crippen LogP contribution in [0.5, 0.6) is 0 Å². The molecular formula is C15H30N2O2. The third kappa shape index (κ3) is 6.08. The van der Waals surface area contributed by atoms with Crippen molar-refractivity contribution < 1.29 is 9.59 Å². The van der Waals surface area contributed by atoms with Crippen molar-refractivity contribution in [3.05, 3.63) is 0 Å². The molecule has 0 heterocycles. The van der Waals surface area contributed by atoms with E-state index >= 15 is 0 Å². The molecule has 0 unspecified atom stereocenters. The fraction of sp³-hybridized carbons (Fsp3) is 0.867. The van der Waals surface area contributed by atoms with Gasteiger partial charge in [0, 0.05) is 25.4 Å². The Morgan fingerprint density at radius 1 is 1.00 bits per heavy atom. The Balaban J connectivity index is 4.50. The van der Waals surface area contributed by atoms with E-state index in [0.717, 1.165) is 6.42 Å². The highest BCUT2D eigenvalue weighted by atomic mass is 16.2. The third-order valence-corrected chi connectivity index (χ3v) is 3.92. The smallest absolute Gasteiger partial charge is 0.220 e. The van der Waals surface area contributed by atoms with Gasteiger partial charge in [0.05, 0.1) is 0 Å². The number of nitrogens with one attached hydrogen (secondary N) is 2. The van der Waals surface area contributed by atoms with Crippen LogP contribution in [0.25, 0.3) is 0 Å². The van der Waals surface area contributed by atoms with Gasteiger partial charge < -0.3 is 10.6 Å². The van der Waals surface area contributed by atoms with Crippen LogP contribution in [0, 0.1) is 11.3 Å². The van der Waals surface area contributed by atoms with Gasteiger partial charge in [-0.3, -0.25) is 9.59 Å². The van der Waals surface area contributed by atoms with Crippen molar-refractivity contribution in [2.45, 2.75) is 66.3 Å². The lowest BCUT2D eigenvalue weighted by molar-refractivity contribution is -0.128. The SMILES string of the molecule is CNC(=O)CCC(=O)NC(C)(C)C(C)(C)CC(C)C. The molecule has 0 aliphatic heterocycles. The maximum atomic E-state index is 11.9. The standard InChI is InChI=1S/C15H30N2O2/c1-11(2)10-14(3,4)15(5,6)17-13(19)9-8-12(18)16-7/h11H,8-10H2,1-7H3,(H,16,18)(H,17,19). The molecule has 0 aromatic rings. The number of hydrogen-bond donors (Lipinski definition) is 2. The Labute approximate surface area is 117 Å². The molecule has 0 aliphatic rings. The normalized spacial score (nSPS) is 12.4. The van der Waals surface area contributed by atoms with Crippen LogP contribution < -0.4 is 10.6 Å². The fourth-order valence-electron chi connectivity index (χ4n) is 2.21. The second kappa shape index (κ2) is 6.92. The van der Waals surface area contributed by atoms with Gasteiger partial charge in [0.2, 0.25) is 11.8 Å². The summed E-state index contributed by atoms with van der Waals surface area (Å²) < 4.78 is 0. The van der Waals surface area contributed by atoms with Crippen molar-refractivity contribution in [3.63, 3.8) is 0 Å². The highest BCUT2D eigenvalue weighted by molar-refractivity contribution is 5.83. The number of carbonyl (C=O) groups excluding carboxylic acids is 2. The van der Waals surface area contributed by atoms with Crippen LogP contribution in [0.15, 0.2) is 0 Å². The van der Waals surface area contributed by atoms with Crippen LogP contribution in [0.3, 0.4) is 0 Å². The van der Waals surface area contributed by atoms with E-state index in [2.05, 4.69) is 38.3 Å². The minimum Gasteiger partial charge on any atom is -0.359 e. The van der Waals surface area contributed by atoms with Crippen LogP contribution in [0.2, 0.25) is 0 Å². The van der Waals surface area contributed by atoms with E-state index in [1.165, 1.54) is 0 Å². The molecule has 0 saturated heterocycles. The van der Waals surface area contributed by atoms with Gasteiger partial charge >= 0.3 is 0 Å². The maximum absolute atomic E-state index is 11.9. The summed E-state index contributed by atoms with van der Waals surface area (Å²) >= 11 is 0. The van der Waals surface area contributed by atoms with Crippen molar-refractivity contribution in [3.8, 4) is 0 Å². The zero-order valence-electron chi connectivity index (χ0n) is 13.5. The monoisotopic (exact) mass is 270 g/mol. The Bertz CT molecular complexity index is 320. The largest absolute Gasteiger partial charge is 0.359 e. The van der Waals surface area contributed by atoms with Crippen molar-refractivity contribution in [2.24, 2.45) is 11.3 Å². The Morgan fingerprint density at radius 2 is 1.47 bits per heavy atom. The van der Waals surface area contributed by atoms with Crippen LogP contribution in [0.1, 0.15) is 60.8 Å². The second-order valence-corrected chi connectivity index (χ2v) is 6.83. The van der Waals surface area contributed by atoms with E-state index in [9.17, 15) is 9.59 Å². The summed E-state index contributed by atoms with van der Waals surface area (Å²) in [4.78, 5) is 23.1. The minimum absolute atomic E-state index is 0.00381. The van der Waals surface area contributed by atoms with Gasteiger partial charge in [-0.15, -0.1) is 0 Å². The fourth-order valence-corrected chi connectivity index (χ4v) is 2.21. The quantitative estimate of drug-likeness (QED) is 0.746. The van der Waals surface area contributed by atoms with Gasteiger partial charge in [0.1, 0.15) is 0 Å². The van der Waals surface area contributed by atoms with E-state index < -0.39 is 0 Å². The second-order valence-electron chi connectivity index (χ2n) is 6.83. The van der Waals surface area contributed by atoms with Crippen molar-refractivity contribution >= 4 is 11.8 Å². The molecule has 2 N–H and O–H groups in total. The number of rotatable bonds is 7. The molecule has 112 valence electrons. The zero-order chi connectivity index (χ0) is 15.3. The molecule has 4 nitrogen and oxygen atoms in total. The predicted octanol–water partition coefficient (Wildman–Crippen LogP) is 2.48. The summed E-state index contributed by atoms with van der Waals surface area (Å²) in [6, 6.07) is 0. The lowest BCUT2D eigenvalue weighted by Gasteiger charge is -2.43. The molecule has 0 bridgehead atoms. The highest BCUT2D eigenvalue weighted by Crippen LogP contribution is 2.36. The van der Waals surface area contributed by atoms with Crippen LogP contribution in [-0.2, 0) is 9.59 Å². The molecule has 0 spiro atoms. The van der Waals surface area contributed by atoms with E-state index in [-0.39, 0.29) is 35.6 Å². The number of amides is 2. The van der Waals surface area contributed by atoms with Gasteiger partial charge in [-0.2, -0.15) is 0 Å². The van der Waals surface area contributed by atoms with E-state index in [1.807, 2.05) is 13.8 Å². The maximum Gasteiger partial charge on any atom is 0.220 e. The topological polar surface area (TPSA) is 58.2 Å². The number of carbonyl (C=O) groups is 2. The number of hydrogen-bond acceptors (Lipinski definition) is 2. The van der Waals surface area contributed by atoms with Gasteiger partial charge in [-0.1, -0.05) is 27.7 Å². The molecule has 0 aromatic heterocycles. The minimum atomic E-state index is -0.295. The molecule has 0 saturated carbocycles. The summed E-state index contributed by atoms with van der Waals surface area (Å²) in [5.41, 5.74) is -0.291. The highest BCUT2D eigenvalue weighted by Gasteiger charge is 2.38. The van der Waals surface area contributed by atoms with Gasteiger partial charge in [0.25, 0.3) is 0 Å². The summed E-state index contributed by atoms with van der Waals surface area (Å²) in [6.45, 7) is 12.8. The Hall–Kier alpha value is -1.06. The molecule has 0 aliphatic carbocycles. The third-order valence-electron chi connectivity index (χ3n) is 3.92. The van der Waals surface area contributed by atoms with Crippen LogP contribution in [0.4, 0.5) is 0 Å². The van der Waals surface area contributed by atoms with Crippen LogP contribution >= 0.6 is 0 Å². The average Bonchev–Trinajstić information content (AvgIpc) is 2.23. The lowest BCUT2D eigenvalue weighted by Crippen LogP contribution is -2.54. The molecule has 2 amide bonds. The van der Waals surface area contributed by atoms with Crippen molar-refractivity contribution in [1.29, 1.82) is 0 Å². The zero-order valence-corrected chi connectivity index (χ0v) is 13.5. The molecule has 0 radical (unpaired) electrons. The molecule has 0 rings (SSSR count). The van der Waals surface area contributed by atoms with E-state index in [4.69, 9.17) is 0 Å². The van der Waals surface area contributed by atoms with Gasteiger partial charge in [-0.05, 0) is 31.6 Å². The molecule has 4 heteroatoms. The Morgan fingerprint density at radius 3 is 1.89 bits per heavy atom. The van der Waals surface area contributed by atoms with Crippen LogP contribution in [-0.4, -0.2) is 24.4 Å². The van der Waals surface area contributed by atoms with E-state index in [0.29, 0.717) is 5.92 Å². The first-order valence-electron chi connectivity index (χ1n) is 7.03. The summed E-state index contributed by atoms with van der Waals surface area (Å²) in [6.07, 6.45) is 1.51. The first-order valence-corrected chi connectivity index (χ1v) is 7.03. The molecule has 0 aromatic carbocycles. The van der Waals surface area contributed by atoms with Gasteiger partial charge in [0.15, 0.2) is 0 Å². The molecular weight excluding hydrogens is 240 g/mol. The average molecular weight is 270 g/mol. The first kappa shape index (κ1) is 17.9. The molecule has 19 heavy (non-hydrogen) atoms. The first-order chi connectivity index (χ1) is 8.51. The van der Waals surface area contributed by atoms with Crippen molar-refractivity contribution in [2.75, 3.05) is 7.05 Å². The molecule has 0 fully saturated rings.